The number of benzene rings is 1. The summed E-state index contributed by atoms with van der Waals surface area (Å²) >= 11 is 13.5. The fourth-order valence-corrected chi connectivity index (χ4v) is 3.61. The van der Waals surface area contributed by atoms with Crippen molar-refractivity contribution in [1.29, 1.82) is 0 Å². The fraction of sp³-hybridized carbons (Fsp3) is 0.286. The van der Waals surface area contributed by atoms with Crippen LogP contribution in [0, 0.1) is 5.82 Å². The molecule has 0 saturated heterocycles. The summed E-state index contributed by atoms with van der Waals surface area (Å²) in [6, 6.07) is 6.77. The summed E-state index contributed by atoms with van der Waals surface area (Å²) in [4.78, 5) is 0. The van der Waals surface area contributed by atoms with Gasteiger partial charge >= 0.3 is 0 Å². The van der Waals surface area contributed by atoms with Crippen LogP contribution in [0.1, 0.15) is 17.2 Å². The first-order valence-electron chi connectivity index (χ1n) is 5.99. The van der Waals surface area contributed by atoms with Crippen LogP contribution in [-0.4, -0.2) is 14.2 Å². The summed E-state index contributed by atoms with van der Waals surface area (Å²) in [5, 5.41) is 3.18. The zero-order valence-electron chi connectivity index (χ0n) is 11.0. The maximum Gasteiger partial charge on any atom is 0.165 e. The fourth-order valence-electron chi connectivity index (χ4n) is 2.03. The Labute approximate surface area is 131 Å². The maximum atomic E-state index is 13.7. The summed E-state index contributed by atoms with van der Waals surface area (Å²) < 4.78 is 19.9. The van der Waals surface area contributed by atoms with Crippen molar-refractivity contribution in [1.82, 2.24) is 5.32 Å². The van der Waals surface area contributed by atoms with E-state index in [1.807, 2.05) is 19.2 Å². The van der Waals surface area contributed by atoms with Crippen molar-refractivity contribution in [2.75, 3.05) is 14.2 Å². The van der Waals surface area contributed by atoms with Crippen molar-refractivity contribution in [3.05, 3.63) is 49.9 Å². The highest BCUT2D eigenvalue weighted by Gasteiger charge is 2.17. The van der Waals surface area contributed by atoms with Gasteiger partial charge in [0.15, 0.2) is 11.6 Å². The molecule has 0 aliphatic rings. The highest BCUT2D eigenvalue weighted by molar-refractivity contribution is 7.20. The van der Waals surface area contributed by atoms with Crippen LogP contribution in [0.5, 0.6) is 5.75 Å². The van der Waals surface area contributed by atoms with E-state index in [9.17, 15) is 4.39 Å². The van der Waals surface area contributed by atoms with Crippen LogP contribution in [0.15, 0.2) is 24.3 Å². The molecule has 0 bridgehead atoms. The van der Waals surface area contributed by atoms with E-state index in [2.05, 4.69) is 5.32 Å². The number of likely N-dealkylation sites (N-methyl/N-ethyl adjacent to an activating group) is 1. The van der Waals surface area contributed by atoms with E-state index in [1.54, 1.807) is 6.07 Å². The zero-order valence-corrected chi connectivity index (χ0v) is 13.4. The van der Waals surface area contributed by atoms with Crippen molar-refractivity contribution in [2.45, 2.75) is 12.5 Å². The molecule has 1 unspecified atom stereocenters. The molecular formula is C14H14Cl2FNOS. The Morgan fingerprint density at radius 3 is 2.60 bits per heavy atom. The van der Waals surface area contributed by atoms with E-state index >= 15 is 0 Å². The minimum atomic E-state index is -0.366. The lowest BCUT2D eigenvalue weighted by Gasteiger charge is -2.16. The van der Waals surface area contributed by atoms with Gasteiger partial charge in [-0.2, -0.15) is 0 Å². The molecule has 108 valence electrons. The molecule has 0 saturated carbocycles. The molecule has 1 atom stereocenters. The largest absolute Gasteiger partial charge is 0.494 e. The number of ether oxygens (including phenoxy) is 1. The number of hydrogen-bond donors (Lipinski definition) is 1. The van der Waals surface area contributed by atoms with Gasteiger partial charge in [-0.05, 0) is 37.2 Å². The van der Waals surface area contributed by atoms with E-state index in [0.29, 0.717) is 15.1 Å². The highest BCUT2D eigenvalue weighted by Crippen LogP contribution is 2.36. The van der Waals surface area contributed by atoms with Gasteiger partial charge in [0.25, 0.3) is 0 Å². The topological polar surface area (TPSA) is 21.3 Å². The number of hydrogen-bond acceptors (Lipinski definition) is 3. The van der Waals surface area contributed by atoms with Crippen molar-refractivity contribution in [2.24, 2.45) is 0 Å². The first kappa shape index (κ1) is 15.6. The van der Waals surface area contributed by atoms with Crippen molar-refractivity contribution < 1.29 is 9.13 Å². The Hall–Kier alpha value is -0.810. The second-order valence-corrected chi connectivity index (χ2v) is 6.58. The molecular weight excluding hydrogens is 320 g/mol. The van der Waals surface area contributed by atoms with Gasteiger partial charge in [-0.1, -0.05) is 29.3 Å². The van der Waals surface area contributed by atoms with Crippen LogP contribution in [0.3, 0.4) is 0 Å². The van der Waals surface area contributed by atoms with Gasteiger partial charge in [-0.25, -0.2) is 4.39 Å². The van der Waals surface area contributed by atoms with Crippen molar-refractivity contribution in [3.8, 4) is 5.75 Å². The molecule has 0 aliphatic heterocycles. The monoisotopic (exact) mass is 333 g/mol. The minimum Gasteiger partial charge on any atom is -0.494 e. The van der Waals surface area contributed by atoms with Crippen LogP contribution in [0.4, 0.5) is 4.39 Å². The molecule has 2 rings (SSSR count). The smallest absolute Gasteiger partial charge is 0.165 e. The SMILES string of the molecule is CNC(Cc1ccc(OC)c(F)c1)c1cc(Cl)sc1Cl. The Morgan fingerprint density at radius 1 is 1.35 bits per heavy atom. The Kier molecular flexibility index (Phi) is 5.27. The molecule has 1 aromatic carbocycles. The lowest BCUT2D eigenvalue weighted by atomic mass is 10.0. The first-order valence-corrected chi connectivity index (χ1v) is 7.56. The third kappa shape index (κ3) is 3.44. The predicted octanol–water partition coefficient (Wildman–Crippen LogP) is 4.71. The molecule has 1 aromatic heterocycles. The Balaban J connectivity index is 2.22. The molecule has 0 radical (unpaired) electrons. The van der Waals surface area contributed by atoms with Crippen LogP contribution >= 0.6 is 34.5 Å². The molecule has 1 heterocycles. The maximum absolute atomic E-state index is 13.7. The lowest BCUT2D eigenvalue weighted by molar-refractivity contribution is 0.386. The van der Waals surface area contributed by atoms with Crippen LogP contribution in [0.2, 0.25) is 8.67 Å². The summed E-state index contributed by atoms with van der Waals surface area (Å²) in [5.41, 5.74) is 1.79. The predicted molar refractivity (Wildman–Crippen MR) is 82.8 cm³/mol. The average Bonchev–Trinajstić information content (AvgIpc) is 2.75. The van der Waals surface area contributed by atoms with Gasteiger partial charge < -0.3 is 10.1 Å². The standard InChI is InChI=1S/C14H14Cl2FNOS/c1-18-11(9-7-13(15)20-14(9)16)6-8-3-4-12(19-2)10(17)5-8/h3-5,7,11,18H,6H2,1-2H3. The van der Waals surface area contributed by atoms with E-state index in [0.717, 1.165) is 11.1 Å². The van der Waals surface area contributed by atoms with Gasteiger partial charge in [0, 0.05) is 11.6 Å². The molecule has 20 heavy (non-hydrogen) atoms. The van der Waals surface area contributed by atoms with E-state index in [1.165, 1.54) is 24.5 Å². The normalized spacial score (nSPS) is 12.4. The highest BCUT2D eigenvalue weighted by atomic mass is 35.5. The van der Waals surface area contributed by atoms with Crippen LogP contribution in [0.25, 0.3) is 0 Å². The third-order valence-corrected chi connectivity index (χ3v) is 4.58. The molecule has 6 heteroatoms. The zero-order chi connectivity index (χ0) is 14.7. The lowest BCUT2D eigenvalue weighted by Crippen LogP contribution is -2.18. The Bertz CT molecular complexity index is 603. The summed E-state index contributed by atoms with van der Waals surface area (Å²) in [6.45, 7) is 0. The minimum absolute atomic E-state index is 0.0148. The van der Waals surface area contributed by atoms with Crippen LogP contribution < -0.4 is 10.1 Å². The second-order valence-electron chi connectivity index (χ2n) is 4.29. The van der Waals surface area contributed by atoms with Gasteiger partial charge in [0.2, 0.25) is 0 Å². The Morgan fingerprint density at radius 2 is 2.10 bits per heavy atom. The van der Waals surface area contributed by atoms with Gasteiger partial charge in [-0.3, -0.25) is 0 Å². The quantitative estimate of drug-likeness (QED) is 0.855. The molecule has 0 aliphatic carbocycles. The molecule has 1 N–H and O–H groups in total. The average molecular weight is 334 g/mol. The number of methoxy groups -OCH3 is 1. The molecule has 0 spiro atoms. The number of thiophene rings is 1. The summed E-state index contributed by atoms with van der Waals surface area (Å²) in [5.74, 6) is -0.124. The molecule has 0 amide bonds. The van der Waals surface area contributed by atoms with E-state index in [-0.39, 0.29) is 17.6 Å². The number of nitrogens with one attached hydrogen (secondary N) is 1. The van der Waals surface area contributed by atoms with Gasteiger partial charge in [-0.15, -0.1) is 11.3 Å². The molecule has 2 aromatic rings. The second kappa shape index (κ2) is 6.76. The van der Waals surface area contributed by atoms with E-state index in [4.69, 9.17) is 27.9 Å². The molecule has 2 nitrogen and oxygen atoms in total. The van der Waals surface area contributed by atoms with Gasteiger partial charge in [0.1, 0.15) is 0 Å². The van der Waals surface area contributed by atoms with Crippen molar-refractivity contribution >= 4 is 34.5 Å². The van der Waals surface area contributed by atoms with Crippen LogP contribution in [-0.2, 0) is 6.42 Å². The number of rotatable bonds is 5. The summed E-state index contributed by atoms with van der Waals surface area (Å²) in [7, 11) is 3.29. The van der Waals surface area contributed by atoms with Crippen molar-refractivity contribution in [3.63, 3.8) is 0 Å². The van der Waals surface area contributed by atoms with Gasteiger partial charge in [0.05, 0.1) is 15.8 Å². The molecule has 0 fully saturated rings. The first-order chi connectivity index (χ1) is 9.55. The summed E-state index contributed by atoms with van der Waals surface area (Å²) in [6.07, 6.45) is 0.615. The number of halogens is 3. The third-order valence-electron chi connectivity index (χ3n) is 3.06. The van der Waals surface area contributed by atoms with E-state index < -0.39 is 0 Å².